The molecule has 1 amide bonds. The second kappa shape index (κ2) is 9.44. The molecular formula is C21H20FN5O2S2. The molecule has 0 bridgehead atoms. The molecule has 0 unspecified atom stereocenters. The van der Waals surface area contributed by atoms with Gasteiger partial charge in [0.05, 0.1) is 11.0 Å². The molecule has 2 aromatic heterocycles. The lowest BCUT2D eigenvalue weighted by Gasteiger charge is -2.03. The number of fused-ring (bicyclic) bond motifs is 1. The number of carbonyl (C=O) groups excluding carboxylic acids is 1. The second-order valence-electron chi connectivity index (χ2n) is 6.75. The van der Waals surface area contributed by atoms with E-state index in [-0.39, 0.29) is 30.4 Å². The number of imidazole rings is 1. The SMILES string of the molecule is CCn1c(=O)n(CCC(=O)Nc2nnc(SCc3ccc(F)cc3)s2)c2ccccc21. The predicted octanol–water partition coefficient (Wildman–Crippen LogP) is 4.13. The summed E-state index contributed by atoms with van der Waals surface area (Å²) in [5, 5.41) is 11.2. The van der Waals surface area contributed by atoms with Crippen molar-refractivity contribution in [3.8, 4) is 0 Å². The number of nitrogens with one attached hydrogen (secondary N) is 1. The summed E-state index contributed by atoms with van der Waals surface area (Å²) in [5.41, 5.74) is 2.54. The summed E-state index contributed by atoms with van der Waals surface area (Å²) < 4.78 is 17.0. The van der Waals surface area contributed by atoms with Crippen molar-refractivity contribution in [2.75, 3.05) is 5.32 Å². The van der Waals surface area contributed by atoms with Crippen molar-refractivity contribution in [3.05, 3.63) is 70.4 Å². The molecule has 0 aliphatic rings. The number of thioether (sulfide) groups is 1. The first-order chi connectivity index (χ1) is 15.0. The zero-order valence-electron chi connectivity index (χ0n) is 16.7. The number of rotatable bonds is 8. The molecule has 0 spiro atoms. The number of hydrogen-bond donors (Lipinski definition) is 1. The molecule has 2 heterocycles. The Morgan fingerprint density at radius 2 is 1.81 bits per heavy atom. The first-order valence-corrected chi connectivity index (χ1v) is 11.5. The average Bonchev–Trinajstić information content (AvgIpc) is 3.33. The van der Waals surface area contributed by atoms with Crippen LogP contribution in [0.25, 0.3) is 11.0 Å². The number of carbonyl (C=O) groups is 1. The summed E-state index contributed by atoms with van der Waals surface area (Å²) in [6, 6.07) is 13.9. The van der Waals surface area contributed by atoms with Gasteiger partial charge in [-0.3, -0.25) is 13.9 Å². The van der Waals surface area contributed by atoms with Crippen LogP contribution in [0.5, 0.6) is 0 Å². The highest BCUT2D eigenvalue weighted by Gasteiger charge is 2.14. The molecular weight excluding hydrogens is 437 g/mol. The van der Waals surface area contributed by atoms with Crippen molar-refractivity contribution < 1.29 is 9.18 Å². The van der Waals surface area contributed by atoms with Crippen LogP contribution in [-0.2, 0) is 23.6 Å². The highest BCUT2D eigenvalue weighted by atomic mass is 32.2. The van der Waals surface area contributed by atoms with E-state index in [0.29, 0.717) is 21.8 Å². The minimum absolute atomic E-state index is 0.119. The van der Waals surface area contributed by atoms with Crippen LogP contribution in [0, 0.1) is 5.82 Å². The molecule has 7 nitrogen and oxygen atoms in total. The second-order valence-corrected chi connectivity index (χ2v) is 8.95. The van der Waals surface area contributed by atoms with E-state index in [0.717, 1.165) is 16.6 Å². The van der Waals surface area contributed by atoms with Gasteiger partial charge in [0.25, 0.3) is 0 Å². The van der Waals surface area contributed by atoms with E-state index >= 15 is 0 Å². The molecule has 0 atom stereocenters. The Balaban J connectivity index is 1.35. The zero-order valence-corrected chi connectivity index (χ0v) is 18.4. The molecule has 31 heavy (non-hydrogen) atoms. The number of aryl methyl sites for hydroxylation is 2. The summed E-state index contributed by atoms with van der Waals surface area (Å²) in [4.78, 5) is 25.0. The van der Waals surface area contributed by atoms with Gasteiger partial charge >= 0.3 is 5.69 Å². The number of nitrogens with zero attached hydrogens (tertiary/aromatic N) is 4. The Hall–Kier alpha value is -2.98. The van der Waals surface area contributed by atoms with Gasteiger partial charge in [0, 0.05) is 25.3 Å². The van der Waals surface area contributed by atoms with Gasteiger partial charge in [-0.2, -0.15) is 0 Å². The largest absolute Gasteiger partial charge is 0.329 e. The number of benzene rings is 2. The van der Waals surface area contributed by atoms with Crippen molar-refractivity contribution in [2.24, 2.45) is 0 Å². The van der Waals surface area contributed by atoms with Gasteiger partial charge in [0.2, 0.25) is 11.0 Å². The molecule has 2 aromatic carbocycles. The third-order valence-corrected chi connectivity index (χ3v) is 6.78. The van der Waals surface area contributed by atoms with E-state index in [9.17, 15) is 14.0 Å². The number of amides is 1. The van der Waals surface area contributed by atoms with Crippen molar-refractivity contribution in [3.63, 3.8) is 0 Å². The maximum Gasteiger partial charge on any atom is 0.329 e. The lowest BCUT2D eigenvalue weighted by Crippen LogP contribution is -2.25. The Labute approximate surface area is 185 Å². The van der Waals surface area contributed by atoms with Crippen LogP contribution in [0.3, 0.4) is 0 Å². The molecule has 0 fully saturated rings. The molecule has 0 saturated carbocycles. The Morgan fingerprint density at radius 1 is 1.10 bits per heavy atom. The van der Waals surface area contributed by atoms with Gasteiger partial charge in [-0.1, -0.05) is 47.4 Å². The molecule has 160 valence electrons. The van der Waals surface area contributed by atoms with Crippen molar-refractivity contribution in [1.82, 2.24) is 19.3 Å². The fraction of sp³-hybridized carbons (Fsp3) is 0.238. The molecule has 0 saturated heterocycles. The highest BCUT2D eigenvalue weighted by Crippen LogP contribution is 2.28. The molecule has 4 rings (SSSR count). The lowest BCUT2D eigenvalue weighted by atomic mass is 10.2. The average molecular weight is 458 g/mol. The van der Waals surface area contributed by atoms with E-state index in [4.69, 9.17) is 0 Å². The van der Waals surface area contributed by atoms with Gasteiger partial charge in [-0.25, -0.2) is 9.18 Å². The number of para-hydroxylation sites is 2. The van der Waals surface area contributed by atoms with E-state index in [1.807, 2.05) is 31.2 Å². The van der Waals surface area contributed by atoms with Crippen LogP contribution in [0.4, 0.5) is 9.52 Å². The van der Waals surface area contributed by atoms with Crippen LogP contribution in [0.2, 0.25) is 0 Å². The smallest absolute Gasteiger partial charge is 0.300 e. The van der Waals surface area contributed by atoms with Gasteiger partial charge in [-0.15, -0.1) is 10.2 Å². The first-order valence-electron chi connectivity index (χ1n) is 9.74. The summed E-state index contributed by atoms with van der Waals surface area (Å²) >= 11 is 2.75. The lowest BCUT2D eigenvalue weighted by molar-refractivity contribution is -0.116. The van der Waals surface area contributed by atoms with Gasteiger partial charge in [-0.05, 0) is 36.8 Å². The zero-order chi connectivity index (χ0) is 21.8. The minimum atomic E-state index is -0.267. The van der Waals surface area contributed by atoms with Gasteiger partial charge < -0.3 is 5.32 Å². The summed E-state index contributed by atoms with van der Waals surface area (Å²) in [7, 11) is 0. The quantitative estimate of drug-likeness (QED) is 0.318. The topological polar surface area (TPSA) is 81.8 Å². The van der Waals surface area contributed by atoms with Crippen LogP contribution in [-0.4, -0.2) is 25.2 Å². The Bertz CT molecular complexity index is 1260. The van der Waals surface area contributed by atoms with Crippen LogP contribution < -0.4 is 11.0 Å². The van der Waals surface area contributed by atoms with E-state index in [1.165, 1.54) is 35.2 Å². The van der Waals surface area contributed by atoms with E-state index < -0.39 is 0 Å². The normalized spacial score (nSPS) is 11.2. The van der Waals surface area contributed by atoms with Crippen LogP contribution in [0.1, 0.15) is 18.9 Å². The summed E-state index contributed by atoms with van der Waals surface area (Å²) in [6.07, 6.45) is 0.148. The van der Waals surface area contributed by atoms with E-state index in [1.54, 1.807) is 21.3 Å². The fourth-order valence-corrected chi connectivity index (χ4v) is 4.96. The molecule has 10 heteroatoms. The van der Waals surface area contributed by atoms with Crippen LogP contribution in [0.15, 0.2) is 57.7 Å². The predicted molar refractivity (Wildman–Crippen MR) is 121 cm³/mol. The highest BCUT2D eigenvalue weighted by molar-refractivity contribution is 8.00. The first kappa shape index (κ1) is 21.3. The molecule has 0 radical (unpaired) electrons. The Kier molecular flexibility index (Phi) is 6.47. The van der Waals surface area contributed by atoms with Crippen molar-refractivity contribution in [2.45, 2.75) is 36.5 Å². The number of aromatic nitrogens is 4. The molecule has 0 aliphatic carbocycles. The number of halogens is 1. The Morgan fingerprint density at radius 3 is 2.52 bits per heavy atom. The van der Waals surface area contributed by atoms with E-state index in [2.05, 4.69) is 15.5 Å². The third-order valence-electron chi connectivity index (χ3n) is 4.73. The monoisotopic (exact) mass is 457 g/mol. The fourth-order valence-electron chi connectivity index (χ4n) is 3.23. The number of hydrogen-bond acceptors (Lipinski definition) is 6. The van der Waals surface area contributed by atoms with Gasteiger partial charge in [0.1, 0.15) is 5.82 Å². The maximum atomic E-state index is 13.0. The molecule has 1 N–H and O–H groups in total. The molecule has 0 aliphatic heterocycles. The summed E-state index contributed by atoms with van der Waals surface area (Å²) in [6.45, 7) is 2.77. The standard InChI is InChI=1S/C21H20FN5O2S2/c1-2-26-16-5-3-4-6-17(16)27(21(26)29)12-11-18(28)23-19-24-25-20(31-19)30-13-14-7-9-15(22)10-8-14/h3-10H,2,11-13H2,1H3,(H,23,24,28). The molecule has 4 aromatic rings. The number of anilines is 1. The van der Waals surface area contributed by atoms with Crippen molar-refractivity contribution in [1.29, 1.82) is 0 Å². The minimum Gasteiger partial charge on any atom is -0.300 e. The van der Waals surface area contributed by atoms with Gasteiger partial charge in [0.15, 0.2) is 4.34 Å². The summed E-state index contributed by atoms with van der Waals surface area (Å²) in [5.74, 6) is 0.135. The van der Waals surface area contributed by atoms with Crippen molar-refractivity contribution >= 4 is 45.2 Å². The third kappa shape index (κ3) is 4.86. The maximum absolute atomic E-state index is 13.0. The van der Waals surface area contributed by atoms with Crippen LogP contribution >= 0.6 is 23.1 Å².